The van der Waals surface area contributed by atoms with Crippen LogP contribution in [0.2, 0.25) is 0 Å². The quantitative estimate of drug-likeness (QED) is 0.176. The fourth-order valence-corrected chi connectivity index (χ4v) is 9.88. The van der Waals surface area contributed by atoms with Crippen molar-refractivity contribution in [2.75, 3.05) is 4.90 Å². The van der Waals surface area contributed by atoms with E-state index in [4.69, 9.17) is 4.42 Å². The van der Waals surface area contributed by atoms with E-state index in [1.807, 2.05) is 0 Å². The molecule has 2 aliphatic rings. The Balaban J connectivity index is 1.10. The van der Waals surface area contributed by atoms with Gasteiger partial charge in [-0.05, 0) is 115 Å². The van der Waals surface area contributed by atoms with Crippen molar-refractivity contribution in [1.82, 2.24) is 0 Å². The van der Waals surface area contributed by atoms with Crippen LogP contribution in [-0.2, 0) is 5.41 Å². The van der Waals surface area contributed by atoms with Gasteiger partial charge in [0, 0.05) is 27.8 Å². The molecule has 12 rings (SSSR count). The monoisotopic (exact) mass is 725 g/mol. The number of hydrogen-bond acceptors (Lipinski definition) is 2. The van der Waals surface area contributed by atoms with Crippen molar-refractivity contribution in [3.8, 4) is 44.5 Å². The highest BCUT2D eigenvalue weighted by Crippen LogP contribution is 2.64. The van der Waals surface area contributed by atoms with E-state index in [0.717, 1.165) is 33.6 Å². The maximum atomic E-state index is 6.50. The molecule has 1 unspecified atom stereocenters. The third kappa shape index (κ3) is 4.59. The van der Waals surface area contributed by atoms with Gasteiger partial charge < -0.3 is 9.32 Å². The van der Waals surface area contributed by atoms with Crippen LogP contribution in [0.3, 0.4) is 0 Å². The molecule has 0 radical (unpaired) electrons. The second kappa shape index (κ2) is 12.3. The number of benzene rings is 9. The first-order chi connectivity index (χ1) is 28.3. The zero-order chi connectivity index (χ0) is 37.5. The lowest BCUT2D eigenvalue weighted by Gasteiger charge is -2.32. The predicted octanol–water partition coefficient (Wildman–Crippen LogP) is 14.7. The first-order valence-electron chi connectivity index (χ1n) is 19.7. The van der Waals surface area contributed by atoms with Crippen LogP contribution < -0.4 is 4.90 Å². The minimum Gasteiger partial charge on any atom is -0.456 e. The van der Waals surface area contributed by atoms with Gasteiger partial charge in [0.15, 0.2) is 0 Å². The zero-order valence-electron chi connectivity index (χ0n) is 31.1. The highest BCUT2D eigenvalue weighted by molar-refractivity contribution is 6.16. The fourth-order valence-electron chi connectivity index (χ4n) is 9.88. The Hall–Kier alpha value is -7.42. The Labute approximate surface area is 331 Å². The van der Waals surface area contributed by atoms with Crippen molar-refractivity contribution >= 4 is 39.0 Å². The lowest BCUT2D eigenvalue weighted by molar-refractivity contribution is 0.668. The van der Waals surface area contributed by atoms with Crippen LogP contribution >= 0.6 is 0 Å². The van der Waals surface area contributed by atoms with Crippen LogP contribution in [0.25, 0.3) is 66.4 Å². The maximum Gasteiger partial charge on any atom is 0.136 e. The van der Waals surface area contributed by atoms with Crippen LogP contribution in [-0.4, -0.2) is 0 Å². The average Bonchev–Trinajstić information content (AvgIpc) is 3.91. The van der Waals surface area contributed by atoms with Crippen LogP contribution in [0.15, 0.2) is 217 Å². The van der Waals surface area contributed by atoms with Gasteiger partial charge in [-0.1, -0.05) is 164 Å². The zero-order valence-corrected chi connectivity index (χ0v) is 31.1. The third-order valence-electron chi connectivity index (χ3n) is 12.3. The third-order valence-corrected chi connectivity index (χ3v) is 12.3. The van der Waals surface area contributed by atoms with E-state index in [0.29, 0.717) is 0 Å². The molecule has 0 saturated carbocycles. The van der Waals surface area contributed by atoms with E-state index >= 15 is 0 Å². The number of nitrogens with zero attached hydrogens (tertiary/aromatic N) is 1. The average molecular weight is 726 g/mol. The van der Waals surface area contributed by atoms with Crippen molar-refractivity contribution in [2.45, 2.75) is 5.41 Å². The molecule has 266 valence electrons. The largest absolute Gasteiger partial charge is 0.456 e. The van der Waals surface area contributed by atoms with Gasteiger partial charge in [-0.3, -0.25) is 0 Å². The van der Waals surface area contributed by atoms with Gasteiger partial charge >= 0.3 is 0 Å². The summed E-state index contributed by atoms with van der Waals surface area (Å²) in [5, 5.41) is 2.34. The van der Waals surface area contributed by atoms with Gasteiger partial charge in [-0.15, -0.1) is 0 Å². The smallest absolute Gasteiger partial charge is 0.136 e. The molecule has 2 nitrogen and oxygen atoms in total. The van der Waals surface area contributed by atoms with E-state index in [9.17, 15) is 0 Å². The first-order valence-corrected chi connectivity index (χ1v) is 19.7. The molecule has 9 aromatic carbocycles. The van der Waals surface area contributed by atoms with Crippen LogP contribution in [0, 0.1) is 0 Å². The molecule has 2 heteroatoms. The van der Waals surface area contributed by atoms with Gasteiger partial charge in [0.2, 0.25) is 0 Å². The minimum absolute atomic E-state index is 0.513. The Morgan fingerprint density at radius 1 is 0.333 bits per heavy atom. The predicted molar refractivity (Wildman–Crippen MR) is 236 cm³/mol. The van der Waals surface area contributed by atoms with Gasteiger partial charge in [-0.2, -0.15) is 0 Å². The number of furan rings is 1. The molecular formula is C55H35NO. The second-order valence-corrected chi connectivity index (χ2v) is 15.2. The van der Waals surface area contributed by atoms with Crippen LogP contribution in [0.4, 0.5) is 17.1 Å². The summed E-state index contributed by atoms with van der Waals surface area (Å²) in [6, 6.07) is 77.4. The van der Waals surface area contributed by atoms with Gasteiger partial charge in [0.05, 0.1) is 5.41 Å². The van der Waals surface area contributed by atoms with E-state index in [2.05, 4.69) is 217 Å². The van der Waals surface area contributed by atoms with Crippen molar-refractivity contribution in [3.63, 3.8) is 0 Å². The van der Waals surface area contributed by atoms with Crippen molar-refractivity contribution in [3.05, 3.63) is 235 Å². The molecule has 0 aliphatic heterocycles. The molecular weight excluding hydrogens is 691 g/mol. The Kier molecular flexibility index (Phi) is 6.88. The second-order valence-electron chi connectivity index (χ2n) is 15.2. The van der Waals surface area contributed by atoms with Crippen molar-refractivity contribution in [2.24, 2.45) is 0 Å². The van der Waals surface area contributed by atoms with Crippen LogP contribution in [0.1, 0.15) is 22.3 Å². The summed E-state index contributed by atoms with van der Waals surface area (Å²) in [6.45, 7) is 0. The number of fused-ring (bicyclic) bond motifs is 14. The van der Waals surface area contributed by atoms with Gasteiger partial charge in [0.25, 0.3) is 0 Å². The van der Waals surface area contributed by atoms with Crippen molar-refractivity contribution in [1.29, 1.82) is 0 Å². The fraction of sp³-hybridized carbons (Fsp3) is 0.0182. The number of hydrogen-bond donors (Lipinski definition) is 0. The molecule has 2 aliphatic carbocycles. The van der Waals surface area contributed by atoms with E-state index < -0.39 is 5.41 Å². The topological polar surface area (TPSA) is 16.4 Å². The lowest BCUT2D eigenvalue weighted by atomic mass is 9.70. The first kappa shape index (κ1) is 31.9. The molecule has 0 bridgehead atoms. The molecule has 1 aromatic heterocycles. The lowest BCUT2D eigenvalue weighted by Crippen LogP contribution is -2.26. The SMILES string of the molecule is c1ccc(-c2ccc(N(c3ccc(-c4ccccc4)cc3)c3ccc4c(c3)C3(c5ccccc5-4)c4ccccc4-c4c3ccc3oc5ccccc5c43)cc2)cc1. The molecule has 1 heterocycles. The summed E-state index contributed by atoms with van der Waals surface area (Å²) in [4.78, 5) is 2.41. The normalized spacial score (nSPS) is 14.7. The number of para-hydroxylation sites is 1. The summed E-state index contributed by atoms with van der Waals surface area (Å²) in [5.41, 5.74) is 19.8. The molecule has 1 atom stereocenters. The Morgan fingerprint density at radius 3 is 1.51 bits per heavy atom. The highest BCUT2D eigenvalue weighted by Gasteiger charge is 2.52. The Morgan fingerprint density at radius 2 is 0.842 bits per heavy atom. The molecule has 0 N–H and O–H groups in total. The van der Waals surface area contributed by atoms with Crippen LogP contribution in [0.5, 0.6) is 0 Å². The van der Waals surface area contributed by atoms with Gasteiger partial charge in [-0.25, -0.2) is 0 Å². The molecule has 1 spiro atoms. The number of anilines is 3. The summed E-state index contributed by atoms with van der Waals surface area (Å²) in [6.07, 6.45) is 0. The molecule has 0 amide bonds. The molecule has 57 heavy (non-hydrogen) atoms. The summed E-state index contributed by atoms with van der Waals surface area (Å²) in [7, 11) is 0. The van der Waals surface area contributed by atoms with E-state index in [1.54, 1.807) is 0 Å². The minimum atomic E-state index is -0.513. The summed E-state index contributed by atoms with van der Waals surface area (Å²) < 4.78 is 6.50. The van der Waals surface area contributed by atoms with E-state index in [1.165, 1.54) is 72.1 Å². The number of rotatable bonds is 5. The summed E-state index contributed by atoms with van der Waals surface area (Å²) in [5.74, 6) is 0. The van der Waals surface area contributed by atoms with Crippen molar-refractivity contribution < 1.29 is 4.42 Å². The molecule has 0 saturated heterocycles. The standard InChI is InChI=1S/C55H35NO/c1-3-13-36(14-4-1)38-23-27-40(28-24-38)56(41-29-25-39(26-30-41)37-15-5-2-6-16-37)42-31-32-44-43-17-7-10-20-47(43)55(50(44)35-42)48-21-11-8-18-45(48)53-49(55)33-34-52-54(53)46-19-9-12-22-51(46)57-52/h1-35H. The Bertz CT molecular complexity index is 3080. The van der Waals surface area contributed by atoms with E-state index in [-0.39, 0.29) is 0 Å². The molecule has 10 aromatic rings. The maximum absolute atomic E-state index is 6.50. The van der Waals surface area contributed by atoms with Gasteiger partial charge in [0.1, 0.15) is 11.2 Å². The molecule has 0 fully saturated rings. The summed E-state index contributed by atoms with van der Waals surface area (Å²) >= 11 is 0. The highest BCUT2D eigenvalue weighted by atomic mass is 16.3.